The van der Waals surface area contributed by atoms with Crippen LogP contribution in [0.5, 0.6) is 0 Å². The highest BCUT2D eigenvalue weighted by atomic mass is 32.2. The third kappa shape index (κ3) is 5.74. The summed E-state index contributed by atoms with van der Waals surface area (Å²) in [4.78, 5) is 32.9. The molecular weight excluding hydrogens is 428 g/mol. The minimum Gasteiger partial charge on any atom is -0.369 e. The second-order valence-corrected chi connectivity index (χ2v) is 9.81. The van der Waals surface area contributed by atoms with Crippen LogP contribution in [-0.2, 0) is 4.79 Å². The normalized spacial score (nSPS) is 15.6. The maximum absolute atomic E-state index is 13.2. The van der Waals surface area contributed by atoms with Crippen LogP contribution in [0.4, 0.5) is 5.82 Å². The molecule has 0 aliphatic carbocycles. The van der Waals surface area contributed by atoms with Crippen molar-refractivity contribution >= 4 is 51.7 Å². The van der Waals surface area contributed by atoms with Gasteiger partial charge in [-0.05, 0) is 30.5 Å². The zero-order valence-electron chi connectivity index (χ0n) is 18.4. The Kier molecular flexibility index (Phi) is 8.26. The first kappa shape index (κ1) is 23.5. The van der Waals surface area contributed by atoms with Crippen molar-refractivity contribution in [1.29, 1.82) is 0 Å². The first-order chi connectivity index (χ1) is 14.9. The maximum Gasteiger partial charge on any atom is 0.267 e. The Balaban J connectivity index is 1.89. The van der Waals surface area contributed by atoms with Gasteiger partial charge in [-0.25, -0.2) is 4.98 Å². The zero-order valence-corrected chi connectivity index (χ0v) is 20.0. The van der Waals surface area contributed by atoms with Gasteiger partial charge in [-0.3, -0.25) is 18.9 Å². The van der Waals surface area contributed by atoms with Crippen molar-refractivity contribution in [2.24, 2.45) is 5.92 Å². The third-order valence-corrected chi connectivity index (χ3v) is 6.46. The fourth-order valence-electron chi connectivity index (χ4n) is 3.37. The molecule has 6 nitrogen and oxygen atoms in total. The van der Waals surface area contributed by atoms with Crippen LogP contribution in [0.25, 0.3) is 11.7 Å². The number of hydrogen-bond acceptors (Lipinski definition) is 6. The molecule has 0 bridgehead atoms. The second-order valence-electron chi connectivity index (χ2n) is 8.13. The van der Waals surface area contributed by atoms with Gasteiger partial charge in [-0.15, -0.1) is 0 Å². The molecule has 1 N–H and O–H groups in total. The summed E-state index contributed by atoms with van der Waals surface area (Å²) in [6.07, 6.45) is 8.93. The molecule has 0 saturated carbocycles. The molecule has 3 rings (SSSR count). The number of thioether (sulfide) groups is 1. The number of carbonyl (C=O) groups excluding carboxylic acids is 1. The predicted octanol–water partition coefficient (Wildman–Crippen LogP) is 4.93. The molecule has 0 atom stereocenters. The third-order valence-electron chi connectivity index (χ3n) is 5.08. The van der Waals surface area contributed by atoms with E-state index in [-0.39, 0.29) is 11.5 Å². The van der Waals surface area contributed by atoms with Crippen molar-refractivity contribution in [2.45, 2.75) is 52.9 Å². The molecule has 1 aliphatic rings. The van der Waals surface area contributed by atoms with E-state index in [2.05, 4.69) is 31.1 Å². The molecule has 0 aromatic carbocycles. The largest absolute Gasteiger partial charge is 0.369 e. The maximum atomic E-state index is 13.2. The average Bonchev–Trinajstić information content (AvgIpc) is 3.01. The van der Waals surface area contributed by atoms with Crippen LogP contribution in [0.2, 0.25) is 0 Å². The van der Waals surface area contributed by atoms with Gasteiger partial charge in [0.2, 0.25) is 0 Å². The summed E-state index contributed by atoms with van der Waals surface area (Å²) in [7, 11) is 0. The van der Waals surface area contributed by atoms with Crippen LogP contribution in [0, 0.1) is 5.92 Å². The van der Waals surface area contributed by atoms with E-state index in [1.807, 2.05) is 6.07 Å². The molecule has 0 unspecified atom stereocenters. The summed E-state index contributed by atoms with van der Waals surface area (Å²) in [5, 5.41) is 3.27. The van der Waals surface area contributed by atoms with E-state index in [4.69, 9.17) is 12.2 Å². The SMILES string of the molecule is CCCCCCCN1C(=O)/C(=C\c2c(NCC(C)C)nc3ccccn3c2=O)SC1=S. The number of fused-ring (bicyclic) bond motifs is 1. The van der Waals surface area contributed by atoms with Gasteiger partial charge in [0.25, 0.3) is 11.5 Å². The molecule has 1 amide bonds. The monoisotopic (exact) mass is 458 g/mol. The van der Waals surface area contributed by atoms with Gasteiger partial charge in [-0.1, -0.05) is 76.5 Å². The van der Waals surface area contributed by atoms with E-state index in [1.54, 1.807) is 29.3 Å². The van der Waals surface area contributed by atoms with Crippen LogP contribution in [-0.4, -0.2) is 37.6 Å². The van der Waals surface area contributed by atoms with Crippen molar-refractivity contribution < 1.29 is 4.79 Å². The lowest BCUT2D eigenvalue weighted by atomic mass is 10.1. The fourth-order valence-corrected chi connectivity index (χ4v) is 4.66. The molecule has 166 valence electrons. The van der Waals surface area contributed by atoms with E-state index in [0.717, 1.165) is 12.8 Å². The lowest BCUT2D eigenvalue weighted by Gasteiger charge is -2.14. The standard InChI is InChI=1S/C23H30N4O2S2/c1-4-5-6-7-9-13-27-22(29)18(31-23(27)30)14-17-20(24-15-16(2)3)25-19-11-8-10-12-26(19)21(17)28/h8,10-12,14,16,24H,4-7,9,13,15H2,1-3H3/b18-14+. The van der Waals surface area contributed by atoms with Crippen molar-refractivity contribution in [3.63, 3.8) is 0 Å². The Bertz CT molecular complexity index is 1050. The highest BCUT2D eigenvalue weighted by molar-refractivity contribution is 8.26. The molecule has 3 heterocycles. The first-order valence-electron chi connectivity index (χ1n) is 10.9. The molecule has 31 heavy (non-hydrogen) atoms. The topological polar surface area (TPSA) is 66.7 Å². The molecule has 2 aromatic heterocycles. The first-order valence-corrected chi connectivity index (χ1v) is 12.2. The van der Waals surface area contributed by atoms with Gasteiger partial charge < -0.3 is 5.32 Å². The van der Waals surface area contributed by atoms with Gasteiger partial charge in [0, 0.05) is 19.3 Å². The minimum absolute atomic E-state index is 0.127. The Morgan fingerprint density at radius 3 is 2.71 bits per heavy atom. The summed E-state index contributed by atoms with van der Waals surface area (Å²) >= 11 is 6.71. The Labute approximate surface area is 193 Å². The second kappa shape index (κ2) is 10.9. The highest BCUT2D eigenvalue weighted by Crippen LogP contribution is 2.33. The Morgan fingerprint density at radius 1 is 1.19 bits per heavy atom. The number of rotatable bonds is 10. The van der Waals surface area contributed by atoms with Crippen molar-refractivity contribution in [1.82, 2.24) is 14.3 Å². The van der Waals surface area contributed by atoms with Gasteiger partial charge in [0.1, 0.15) is 15.8 Å². The highest BCUT2D eigenvalue weighted by Gasteiger charge is 2.32. The number of thiocarbonyl (C=S) groups is 1. The summed E-state index contributed by atoms with van der Waals surface area (Å²) in [5.41, 5.74) is 0.741. The van der Waals surface area contributed by atoms with Gasteiger partial charge >= 0.3 is 0 Å². The number of pyridine rings is 1. The fraction of sp³-hybridized carbons (Fsp3) is 0.478. The van der Waals surface area contributed by atoms with Gasteiger partial charge in [0.15, 0.2) is 0 Å². The van der Waals surface area contributed by atoms with E-state index in [1.165, 1.54) is 35.4 Å². The molecule has 0 spiro atoms. The van der Waals surface area contributed by atoms with Crippen LogP contribution in [0.3, 0.4) is 0 Å². The lowest BCUT2D eigenvalue weighted by Crippen LogP contribution is -2.29. The van der Waals surface area contributed by atoms with Gasteiger partial charge in [0.05, 0.1) is 10.5 Å². The summed E-state index contributed by atoms with van der Waals surface area (Å²) in [5.74, 6) is 0.752. The molecule has 1 fully saturated rings. The van der Waals surface area contributed by atoms with E-state index < -0.39 is 0 Å². The van der Waals surface area contributed by atoms with Crippen LogP contribution >= 0.6 is 24.0 Å². The molecule has 0 radical (unpaired) electrons. The van der Waals surface area contributed by atoms with Crippen LogP contribution in [0.15, 0.2) is 34.1 Å². The van der Waals surface area contributed by atoms with Crippen molar-refractivity contribution in [3.05, 3.63) is 45.2 Å². The summed E-state index contributed by atoms with van der Waals surface area (Å²) in [6, 6.07) is 5.43. The number of nitrogens with zero attached hydrogens (tertiary/aromatic N) is 3. The number of anilines is 1. The number of amides is 1. The number of carbonyl (C=O) groups is 1. The molecule has 2 aromatic rings. The van der Waals surface area contributed by atoms with Crippen molar-refractivity contribution in [2.75, 3.05) is 18.4 Å². The molecule has 1 aliphatic heterocycles. The Morgan fingerprint density at radius 2 is 1.97 bits per heavy atom. The van der Waals surface area contributed by atoms with Crippen molar-refractivity contribution in [3.8, 4) is 0 Å². The van der Waals surface area contributed by atoms with Crippen LogP contribution in [0.1, 0.15) is 58.4 Å². The smallest absolute Gasteiger partial charge is 0.267 e. The quantitative estimate of drug-likeness (QED) is 0.309. The zero-order chi connectivity index (χ0) is 22.4. The van der Waals surface area contributed by atoms with Gasteiger partial charge in [-0.2, -0.15) is 0 Å². The van der Waals surface area contributed by atoms with E-state index >= 15 is 0 Å². The van der Waals surface area contributed by atoms with E-state index in [0.29, 0.717) is 45.3 Å². The minimum atomic E-state index is -0.207. The Hall–Kier alpha value is -2.19. The summed E-state index contributed by atoms with van der Waals surface area (Å²) in [6.45, 7) is 7.66. The summed E-state index contributed by atoms with van der Waals surface area (Å²) < 4.78 is 2.05. The number of unbranched alkanes of at least 4 members (excludes halogenated alkanes) is 4. The average molecular weight is 459 g/mol. The lowest BCUT2D eigenvalue weighted by molar-refractivity contribution is -0.122. The number of hydrogen-bond donors (Lipinski definition) is 1. The number of nitrogens with one attached hydrogen (secondary N) is 1. The molecule has 1 saturated heterocycles. The van der Waals surface area contributed by atoms with E-state index in [9.17, 15) is 9.59 Å². The molecule has 8 heteroatoms. The number of aromatic nitrogens is 2. The predicted molar refractivity (Wildman–Crippen MR) is 133 cm³/mol. The molecular formula is C23H30N4O2S2. The van der Waals surface area contributed by atoms with Crippen LogP contribution < -0.4 is 10.9 Å².